The summed E-state index contributed by atoms with van der Waals surface area (Å²) >= 11 is 1.64. The van der Waals surface area contributed by atoms with Gasteiger partial charge in [0.05, 0.1) is 10.9 Å². The van der Waals surface area contributed by atoms with Crippen LogP contribution in [-0.2, 0) is 17.6 Å². The minimum atomic E-state index is -0.0289. The fourth-order valence-electron chi connectivity index (χ4n) is 3.59. The first kappa shape index (κ1) is 15.8. The molecule has 0 bridgehead atoms. The molecule has 1 aliphatic carbocycles. The monoisotopic (exact) mass is 341 g/mol. The third-order valence-electron chi connectivity index (χ3n) is 4.85. The van der Waals surface area contributed by atoms with E-state index in [-0.39, 0.29) is 11.2 Å². The number of hydrogen-bond donors (Lipinski definition) is 1. The number of nitrogens with one attached hydrogen (secondary N) is 1. The zero-order valence-corrected chi connectivity index (χ0v) is 14.6. The molecule has 0 spiro atoms. The van der Waals surface area contributed by atoms with Crippen LogP contribution in [0.4, 0.5) is 0 Å². The van der Waals surface area contributed by atoms with Gasteiger partial charge in [-0.05, 0) is 50.7 Å². The molecular weight excluding hydrogens is 318 g/mol. The smallest absolute Gasteiger partial charge is 0.233 e. The molecule has 2 heterocycles. The summed E-state index contributed by atoms with van der Waals surface area (Å²) in [5, 5.41) is 3.99. The highest BCUT2D eigenvalue weighted by Gasteiger charge is 2.27. The average molecular weight is 341 g/mol. The lowest BCUT2D eigenvalue weighted by Crippen LogP contribution is -2.30. The number of nitrogens with zero attached hydrogens (tertiary/aromatic N) is 2. The van der Waals surface area contributed by atoms with Crippen LogP contribution in [0.25, 0.3) is 5.69 Å². The standard InChI is InChI=1S/C19H23N3OS/c23-18-17(12-6-7-13-20-18)24-19-21-15-10-4-5-11-16(15)22(19)14-8-2-1-3-9-14/h1-3,8-9,17H,4-7,10-13H2,(H,20,23). The van der Waals surface area contributed by atoms with Crippen LogP contribution in [0.5, 0.6) is 0 Å². The van der Waals surface area contributed by atoms with E-state index < -0.39 is 0 Å². The molecule has 5 heteroatoms. The summed E-state index contributed by atoms with van der Waals surface area (Å²) in [6.07, 6.45) is 7.68. The van der Waals surface area contributed by atoms with Gasteiger partial charge < -0.3 is 5.32 Å². The molecule has 1 N–H and O–H groups in total. The molecule has 0 saturated carbocycles. The summed E-state index contributed by atoms with van der Waals surface area (Å²) in [6.45, 7) is 0.805. The first-order chi connectivity index (χ1) is 11.8. The molecule has 1 aromatic heterocycles. The van der Waals surface area contributed by atoms with Crippen molar-refractivity contribution in [2.75, 3.05) is 6.54 Å². The predicted molar refractivity (Wildman–Crippen MR) is 96.7 cm³/mol. The number of amides is 1. The number of rotatable bonds is 3. The Kier molecular flexibility index (Phi) is 4.60. The van der Waals surface area contributed by atoms with Crippen molar-refractivity contribution in [3.8, 4) is 5.69 Å². The highest BCUT2D eigenvalue weighted by Crippen LogP contribution is 2.34. The van der Waals surface area contributed by atoms with Gasteiger partial charge in [0.2, 0.25) is 5.91 Å². The van der Waals surface area contributed by atoms with E-state index in [1.165, 1.54) is 24.2 Å². The second-order valence-corrected chi connectivity index (χ2v) is 7.73. The Hall–Kier alpha value is -1.75. The topological polar surface area (TPSA) is 46.9 Å². The van der Waals surface area contributed by atoms with Gasteiger partial charge in [0.15, 0.2) is 5.16 Å². The summed E-state index contributed by atoms with van der Waals surface area (Å²) in [5.41, 5.74) is 3.72. The molecule has 2 aromatic rings. The van der Waals surface area contributed by atoms with E-state index >= 15 is 0 Å². The van der Waals surface area contributed by atoms with E-state index in [1.807, 2.05) is 6.07 Å². The number of aryl methyl sites for hydroxylation is 1. The molecule has 1 aromatic carbocycles. The third kappa shape index (κ3) is 3.09. The fourth-order valence-corrected chi connectivity index (χ4v) is 4.80. The van der Waals surface area contributed by atoms with Crippen LogP contribution in [0.1, 0.15) is 43.5 Å². The normalized spacial score (nSPS) is 21.0. The number of hydrogen-bond acceptors (Lipinski definition) is 3. The molecule has 4 rings (SSSR count). The van der Waals surface area contributed by atoms with Crippen LogP contribution in [0, 0.1) is 0 Å². The van der Waals surface area contributed by atoms with Crippen molar-refractivity contribution in [1.82, 2.24) is 14.9 Å². The largest absolute Gasteiger partial charge is 0.355 e. The molecule has 0 radical (unpaired) electrons. The van der Waals surface area contributed by atoms with Crippen molar-refractivity contribution >= 4 is 17.7 Å². The van der Waals surface area contributed by atoms with Gasteiger partial charge in [0.25, 0.3) is 0 Å². The Labute approximate surface area is 147 Å². The van der Waals surface area contributed by atoms with Gasteiger partial charge >= 0.3 is 0 Å². The van der Waals surface area contributed by atoms with Crippen molar-refractivity contribution in [2.45, 2.75) is 55.4 Å². The summed E-state index contributed by atoms with van der Waals surface area (Å²) in [5.74, 6) is 0.165. The van der Waals surface area contributed by atoms with Crippen molar-refractivity contribution in [2.24, 2.45) is 0 Å². The fraction of sp³-hybridized carbons (Fsp3) is 0.474. The number of aromatic nitrogens is 2. The van der Waals surface area contributed by atoms with E-state index in [2.05, 4.69) is 34.1 Å². The molecule has 4 nitrogen and oxygen atoms in total. The van der Waals surface area contributed by atoms with Gasteiger partial charge in [-0.2, -0.15) is 0 Å². The molecule has 2 aliphatic rings. The van der Waals surface area contributed by atoms with E-state index in [0.717, 1.165) is 49.5 Å². The lowest BCUT2D eigenvalue weighted by atomic mass is 10.0. The lowest BCUT2D eigenvalue weighted by molar-refractivity contribution is -0.120. The summed E-state index contributed by atoms with van der Waals surface area (Å²) in [6, 6.07) is 10.4. The first-order valence-electron chi connectivity index (χ1n) is 8.93. The second kappa shape index (κ2) is 7.01. The Balaban J connectivity index is 1.72. The number of benzene rings is 1. The number of thioether (sulfide) groups is 1. The van der Waals surface area contributed by atoms with E-state index in [0.29, 0.717) is 0 Å². The second-order valence-electron chi connectivity index (χ2n) is 6.56. The highest BCUT2D eigenvalue weighted by atomic mass is 32.2. The van der Waals surface area contributed by atoms with Crippen LogP contribution >= 0.6 is 11.8 Å². The minimum absolute atomic E-state index is 0.0289. The van der Waals surface area contributed by atoms with E-state index in [4.69, 9.17) is 4.98 Å². The first-order valence-corrected chi connectivity index (χ1v) is 9.81. The number of carbonyl (C=O) groups is 1. The van der Waals surface area contributed by atoms with E-state index in [1.54, 1.807) is 11.8 Å². The molecule has 1 aliphatic heterocycles. The maximum atomic E-state index is 12.3. The Bertz CT molecular complexity index is 726. The molecular formula is C19H23N3OS. The lowest BCUT2D eigenvalue weighted by Gasteiger charge is -2.17. The van der Waals surface area contributed by atoms with Crippen molar-refractivity contribution in [3.63, 3.8) is 0 Å². The molecule has 1 saturated heterocycles. The quantitative estimate of drug-likeness (QED) is 0.929. The Morgan fingerprint density at radius 1 is 1.08 bits per heavy atom. The SMILES string of the molecule is O=C1NCCCCC1Sc1nc2c(n1-c1ccccc1)CCCC2. The number of carbonyl (C=O) groups excluding carboxylic acids is 1. The number of fused-ring (bicyclic) bond motifs is 1. The van der Waals surface area contributed by atoms with Gasteiger partial charge in [0.1, 0.15) is 0 Å². The maximum absolute atomic E-state index is 12.3. The van der Waals surface area contributed by atoms with Crippen molar-refractivity contribution < 1.29 is 4.79 Å². The predicted octanol–water partition coefficient (Wildman–Crippen LogP) is 3.51. The summed E-state index contributed by atoms with van der Waals surface area (Å²) in [4.78, 5) is 17.3. The Morgan fingerprint density at radius 3 is 2.79 bits per heavy atom. The average Bonchev–Trinajstić information content (AvgIpc) is 2.86. The van der Waals surface area contributed by atoms with Gasteiger partial charge in [-0.25, -0.2) is 4.98 Å². The van der Waals surface area contributed by atoms with Crippen LogP contribution in [0.2, 0.25) is 0 Å². The number of imidazole rings is 1. The van der Waals surface area contributed by atoms with Crippen LogP contribution in [-0.4, -0.2) is 27.3 Å². The van der Waals surface area contributed by atoms with Gasteiger partial charge in [-0.15, -0.1) is 0 Å². The molecule has 1 unspecified atom stereocenters. The van der Waals surface area contributed by atoms with Crippen LogP contribution < -0.4 is 5.32 Å². The minimum Gasteiger partial charge on any atom is -0.355 e. The van der Waals surface area contributed by atoms with Gasteiger partial charge in [0, 0.05) is 17.9 Å². The molecule has 1 atom stereocenters. The van der Waals surface area contributed by atoms with Crippen LogP contribution in [0.15, 0.2) is 35.5 Å². The zero-order valence-electron chi connectivity index (χ0n) is 13.8. The summed E-state index contributed by atoms with van der Waals surface area (Å²) in [7, 11) is 0. The molecule has 126 valence electrons. The molecule has 1 amide bonds. The van der Waals surface area contributed by atoms with E-state index in [9.17, 15) is 4.79 Å². The van der Waals surface area contributed by atoms with Crippen molar-refractivity contribution in [1.29, 1.82) is 0 Å². The highest BCUT2D eigenvalue weighted by molar-refractivity contribution is 8.00. The Morgan fingerprint density at radius 2 is 1.92 bits per heavy atom. The van der Waals surface area contributed by atoms with Gasteiger partial charge in [-0.3, -0.25) is 9.36 Å². The van der Waals surface area contributed by atoms with Gasteiger partial charge in [-0.1, -0.05) is 36.4 Å². The number of para-hydroxylation sites is 1. The zero-order chi connectivity index (χ0) is 16.4. The molecule has 24 heavy (non-hydrogen) atoms. The summed E-state index contributed by atoms with van der Waals surface area (Å²) < 4.78 is 2.29. The van der Waals surface area contributed by atoms with Crippen molar-refractivity contribution in [3.05, 3.63) is 41.7 Å². The molecule has 1 fully saturated rings. The third-order valence-corrected chi connectivity index (χ3v) is 6.07. The van der Waals surface area contributed by atoms with Crippen LogP contribution in [0.3, 0.4) is 0 Å². The maximum Gasteiger partial charge on any atom is 0.233 e.